The molecule has 0 saturated carbocycles. The molecule has 3 aromatic heterocycles. The van der Waals surface area contributed by atoms with E-state index >= 15 is 0 Å². The summed E-state index contributed by atoms with van der Waals surface area (Å²) < 4.78 is 11.3. The highest BCUT2D eigenvalue weighted by Gasteiger charge is 2.34. The largest absolute Gasteiger partial charge is 0.456 e. The van der Waals surface area contributed by atoms with Crippen LogP contribution in [0.25, 0.3) is 76.9 Å². The second-order valence-corrected chi connectivity index (χ2v) is 18.0. The van der Waals surface area contributed by atoms with Crippen molar-refractivity contribution >= 4 is 75.6 Å². The number of nitrogens with zero attached hydrogens (tertiary/aromatic N) is 2. The minimum Gasteiger partial charge on any atom is -0.456 e. The van der Waals surface area contributed by atoms with Gasteiger partial charge in [0.1, 0.15) is 11.2 Å². The van der Waals surface area contributed by atoms with Crippen LogP contribution >= 0.6 is 10.0 Å². The van der Waals surface area contributed by atoms with Gasteiger partial charge in [0.25, 0.3) is 0 Å². The van der Waals surface area contributed by atoms with Crippen LogP contribution < -0.4 is 0 Å². The van der Waals surface area contributed by atoms with Gasteiger partial charge >= 0.3 is 0 Å². The third kappa shape index (κ3) is 4.76. The summed E-state index contributed by atoms with van der Waals surface area (Å²) in [4.78, 5) is 5.12. The Morgan fingerprint density at radius 2 is 0.776 bits per heavy atom. The third-order valence-electron chi connectivity index (χ3n) is 11.8. The molecule has 0 aliphatic heterocycles. The summed E-state index contributed by atoms with van der Waals surface area (Å²) in [5.74, 6) is 0. The molecule has 4 heteroatoms. The summed E-state index contributed by atoms with van der Waals surface area (Å²) in [6.07, 6.45) is 0. The lowest BCUT2D eigenvalue weighted by Gasteiger charge is -2.42. The van der Waals surface area contributed by atoms with Crippen molar-refractivity contribution < 1.29 is 4.42 Å². The minimum absolute atomic E-state index is 0.908. The van der Waals surface area contributed by atoms with Crippen LogP contribution in [0.4, 0.5) is 0 Å². The highest BCUT2D eigenvalue weighted by molar-refractivity contribution is 8.34. The van der Waals surface area contributed by atoms with E-state index < -0.39 is 10.0 Å². The van der Waals surface area contributed by atoms with Gasteiger partial charge in [0.15, 0.2) is 0 Å². The lowest BCUT2D eigenvalue weighted by atomic mass is 10.1. The smallest absolute Gasteiger partial charge is 0.136 e. The molecule has 3 nitrogen and oxygen atoms in total. The second-order valence-electron chi connectivity index (χ2n) is 14.9. The molecule has 0 unspecified atom stereocenters. The van der Waals surface area contributed by atoms with E-state index in [9.17, 15) is 0 Å². The molecule has 0 N–H and O–H groups in total. The first-order valence-electron chi connectivity index (χ1n) is 19.7. The molecule has 9 aromatic carbocycles. The van der Waals surface area contributed by atoms with E-state index in [-0.39, 0.29) is 0 Å². The Balaban J connectivity index is 1.18. The SMILES string of the molecule is c1ccc(-n2c3ccccc3c3ccc(S(c4ccccc4)(c4ccccc4)c4cccc(-n5c6ccccc6c6cc7oc8ccccc8c7cc65)c4)cc32)cc1. The molecule has 0 fully saturated rings. The van der Waals surface area contributed by atoms with Gasteiger partial charge in [0.2, 0.25) is 0 Å². The molecular formula is C54H36N2OS. The summed E-state index contributed by atoms with van der Waals surface area (Å²) >= 11 is 0. The van der Waals surface area contributed by atoms with Crippen molar-refractivity contribution in [1.82, 2.24) is 9.13 Å². The number of aromatic nitrogens is 2. The van der Waals surface area contributed by atoms with Gasteiger partial charge in [0, 0.05) is 63.3 Å². The number of furan rings is 1. The van der Waals surface area contributed by atoms with Crippen molar-refractivity contribution in [3.63, 3.8) is 0 Å². The zero-order valence-electron chi connectivity index (χ0n) is 31.5. The van der Waals surface area contributed by atoms with Gasteiger partial charge in [-0.15, -0.1) is 10.0 Å². The summed E-state index contributed by atoms with van der Waals surface area (Å²) in [5, 5.41) is 7.13. The van der Waals surface area contributed by atoms with Gasteiger partial charge in [-0.25, -0.2) is 0 Å². The zero-order valence-corrected chi connectivity index (χ0v) is 32.3. The Morgan fingerprint density at radius 3 is 1.48 bits per heavy atom. The Labute approximate surface area is 336 Å². The van der Waals surface area contributed by atoms with Crippen LogP contribution in [0.1, 0.15) is 0 Å². The van der Waals surface area contributed by atoms with Crippen LogP contribution in [0.2, 0.25) is 0 Å². The van der Waals surface area contributed by atoms with Crippen LogP contribution in [0.5, 0.6) is 0 Å². The fraction of sp³-hybridized carbons (Fsp3) is 0. The van der Waals surface area contributed by atoms with E-state index in [1.807, 2.05) is 6.07 Å². The molecule has 0 aliphatic rings. The first kappa shape index (κ1) is 32.9. The van der Waals surface area contributed by atoms with Gasteiger partial charge in [-0.05, 0) is 97.1 Å². The maximum absolute atomic E-state index is 6.41. The quantitative estimate of drug-likeness (QED) is 0.166. The molecule has 0 spiro atoms. The summed E-state index contributed by atoms with van der Waals surface area (Å²) in [6, 6.07) is 80.1. The summed E-state index contributed by atoms with van der Waals surface area (Å²) in [6.45, 7) is 0. The van der Waals surface area contributed by atoms with Gasteiger partial charge in [-0.2, -0.15) is 0 Å². The molecule has 274 valence electrons. The first-order chi connectivity index (χ1) is 28.8. The predicted molar refractivity (Wildman–Crippen MR) is 242 cm³/mol. The second kappa shape index (κ2) is 12.9. The summed E-state index contributed by atoms with van der Waals surface area (Å²) in [5.41, 5.74) is 8.82. The highest BCUT2D eigenvalue weighted by atomic mass is 32.3. The molecule has 0 amide bonds. The molecule has 0 saturated heterocycles. The maximum atomic E-state index is 6.41. The number of para-hydroxylation sites is 4. The number of hydrogen-bond donors (Lipinski definition) is 0. The number of rotatable bonds is 6. The lowest BCUT2D eigenvalue weighted by molar-refractivity contribution is 0.669. The Hall–Kier alpha value is -7.27. The van der Waals surface area contributed by atoms with Crippen molar-refractivity contribution in [3.8, 4) is 11.4 Å². The molecule has 0 aliphatic carbocycles. The fourth-order valence-electron chi connectivity index (χ4n) is 9.34. The molecule has 12 aromatic rings. The van der Waals surface area contributed by atoms with Crippen LogP contribution in [0, 0.1) is 0 Å². The Bertz CT molecular complexity index is 3470. The molecule has 0 atom stereocenters. The summed E-state index contributed by atoms with van der Waals surface area (Å²) in [7, 11) is -2.06. The average molecular weight is 761 g/mol. The number of benzene rings is 9. The first-order valence-corrected chi connectivity index (χ1v) is 21.4. The molecule has 12 rings (SSSR count). The zero-order chi connectivity index (χ0) is 38.2. The van der Waals surface area contributed by atoms with Gasteiger partial charge in [0.05, 0.1) is 22.1 Å². The van der Waals surface area contributed by atoms with Crippen molar-refractivity contribution in [2.75, 3.05) is 0 Å². The van der Waals surface area contributed by atoms with E-state index in [1.165, 1.54) is 57.7 Å². The van der Waals surface area contributed by atoms with Crippen LogP contribution in [0.15, 0.2) is 242 Å². The standard InChI is InChI=1S/C54H36N2OS/c1-4-17-37(18-5-1)55-49-28-13-10-25-43(49)45-32-31-42(34-51(45)55)58(39-20-6-2-7-21-39,40-22-8-3-9-23-40)41-24-16-19-38(33-41)56-50-29-14-11-26-44(50)47-36-54-48(35-52(47)56)46-27-12-15-30-53(46)57-54/h1-36H. The Morgan fingerprint density at radius 1 is 0.276 bits per heavy atom. The third-order valence-corrected chi connectivity index (χ3v) is 15.7. The molecule has 0 bridgehead atoms. The van der Waals surface area contributed by atoms with Crippen molar-refractivity contribution in [2.24, 2.45) is 0 Å². The fourth-order valence-corrected chi connectivity index (χ4v) is 13.2. The van der Waals surface area contributed by atoms with Gasteiger partial charge < -0.3 is 13.6 Å². The van der Waals surface area contributed by atoms with E-state index in [0.29, 0.717) is 0 Å². The highest BCUT2D eigenvalue weighted by Crippen LogP contribution is 2.74. The van der Waals surface area contributed by atoms with E-state index in [4.69, 9.17) is 4.42 Å². The van der Waals surface area contributed by atoms with Crippen molar-refractivity contribution in [2.45, 2.75) is 19.6 Å². The minimum atomic E-state index is -2.06. The van der Waals surface area contributed by atoms with E-state index in [1.54, 1.807) is 0 Å². The van der Waals surface area contributed by atoms with Crippen LogP contribution in [-0.2, 0) is 0 Å². The lowest BCUT2D eigenvalue weighted by Crippen LogP contribution is -2.06. The molecular weight excluding hydrogens is 725 g/mol. The average Bonchev–Trinajstić information content (AvgIpc) is 3.94. The van der Waals surface area contributed by atoms with E-state index in [2.05, 4.69) is 221 Å². The topological polar surface area (TPSA) is 23.0 Å². The molecule has 58 heavy (non-hydrogen) atoms. The monoisotopic (exact) mass is 760 g/mol. The van der Waals surface area contributed by atoms with Crippen molar-refractivity contribution in [1.29, 1.82) is 0 Å². The van der Waals surface area contributed by atoms with Crippen LogP contribution in [0.3, 0.4) is 0 Å². The molecule has 0 radical (unpaired) electrons. The molecule has 3 heterocycles. The van der Waals surface area contributed by atoms with Crippen molar-refractivity contribution in [3.05, 3.63) is 218 Å². The normalized spacial score (nSPS) is 12.4. The van der Waals surface area contributed by atoms with Crippen LogP contribution in [-0.4, -0.2) is 9.13 Å². The predicted octanol–water partition coefficient (Wildman–Crippen LogP) is 15.1. The Kier molecular flexibility index (Phi) is 7.31. The van der Waals surface area contributed by atoms with Gasteiger partial charge in [-0.3, -0.25) is 0 Å². The van der Waals surface area contributed by atoms with E-state index in [0.717, 1.165) is 38.8 Å². The number of fused-ring (bicyclic) bond motifs is 9. The maximum Gasteiger partial charge on any atom is 0.136 e. The number of hydrogen-bond acceptors (Lipinski definition) is 1. The van der Waals surface area contributed by atoms with Gasteiger partial charge in [-0.1, -0.05) is 121 Å².